The molecule has 0 spiro atoms. The Kier molecular flexibility index (Phi) is 3.55. The minimum absolute atomic E-state index is 0.0368. The summed E-state index contributed by atoms with van der Waals surface area (Å²) in [5.74, 6) is -0.930. The van der Waals surface area contributed by atoms with Crippen molar-refractivity contribution in [3.8, 4) is 0 Å². The van der Waals surface area contributed by atoms with Crippen molar-refractivity contribution in [1.82, 2.24) is 9.80 Å². The zero-order valence-corrected chi connectivity index (χ0v) is 12.0. The van der Waals surface area contributed by atoms with Crippen LogP contribution in [0.25, 0.3) is 0 Å². The van der Waals surface area contributed by atoms with Crippen LogP contribution in [-0.4, -0.2) is 60.1 Å². The molecule has 0 atom stereocenters. The van der Waals surface area contributed by atoms with Gasteiger partial charge in [-0.25, -0.2) is 4.79 Å². The van der Waals surface area contributed by atoms with Gasteiger partial charge in [0.2, 0.25) is 0 Å². The topological polar surface area (TPSA) is 64.1 Å². The summed E-state index contributed by atoms with van der Waals surface area (Å²) in [4.78, 5) is 28.3. The average Bonchev–Trinajstić information content (AvgIpc) is 2.74. The van der Waals surface area contributed by atoms with Crippen LogP contribution in [0.2, 0.25) is 0 Å². The molecule has 0 aliphatic carbocycles. The maximum atomic E-state index is 11.9. The van der Waals surface area contributed by atoms with Gasteiger partial charge in [-0.2, -0.15) is 0 Å². The van der Waals surface area contributed by atoms with Gasteiger partial charge in [-0.3, -0.25) is 14.6 Å². The number of likely N-dealkylation sites (N-methyl/N-ethyl adjacent to an activating group) is 1. The number of carbonyl (C=O) groups excluding carboxylic acids is 1. The van der Waals surface area contributed by atoms with Crippen molar-refractivity contribution in [2.75, 3.05) is 38.1 Å². The van der Waals surface area contributed by atoms with E-state index < -0.39 is 5.97 Å². The molecule has 1 N–H and O–H groups in total. The lowest BCUT2D eigenvalue weighted by Crippen LogP contribution is -2.49. The fourth-order valence-corrected chi connectivity index (χ4v) is 2.78. The van der Waals surface area contributed by atoms with Crippen LogP contribution in [0, 0.1) is 5.92 Å². The van der Waals surface area contributed by atoms with E-state index in [1.165, 1.54) is 0 Å². The molecule has 21 heavy (non-hydrogen) atoms. The van der Waals surface area contributed by atoms with Crippen LogP contribution in [0.4, 0.5) is 10.5 Å². The van der Waals surface area contributed by atoms with Crippen molar-refractivity contribution >= 4 is 17.7 Å². The van der Waals surface area contributed by atoms with Crippen molar-refractivity contribution in [3.05, 3.63) is 29.8 Å². The van der Waals surface area contributed by atoms with Gasteiger partial charge in [-0.15, -0.1) is 0 Å². The lowest BCUT2D eigenvalue weighted by Gasteiger charge is -2.36. The van der Waals surface area contributed by atoms with E-state index in [-0.39, 0.29) is 11.9 Å². The number of likely N-dealkylation sites (tertiary alicyclic amines) is 1. The van der Waals surface area contributed by atoms with Crippen LogP contribution in [-0.2, 0) is 11.3 Å². The number of hydrogen-bond donors (Lipinski definition) is 1. The van der Waals surface area contributed by atoms with Crippen molar-refractivity contribution in [1.29, 1.82) is 0 Å². The summed E-state index contributed by atoms with van der Waals surface area (Å²) in [5.41, 5.74) is 2.06. The first-order valence-electron chi connectivity index (χ1n) is 7.11. The number of anilines is 1. The number of carboxylic acids is 1. The van der Waals surface area contributed by atoms with Crippen molar-refractivity contribution in [2.24, 2.45) is 5.92 Å². The van der Waals surface area contributed by atoms with Gasteiger partial charge >= 0.3 is 12.0 Å². The summed E-state index contributed by atoms with van der Waals surface area (Å²) in [7, 11) is 1.81. The number of carboxylic acid groups (broad SMARTS) is 1. The van der Waals surface area contributed by atoms with Crippen LogP contribution in [0.15, 0.2) is 24.3 Å². The molecule has 0 unspecified atom stereocenters. The predicted octanol–water partition coefficient (Wildman–Crippen LogP) is 1.07. The van der Waals surface area contributed by atoms with E-state index in [4.69, 9.17) is 5.11 Å². The molecule has 2 saturated heterocycles. The predicted molar refractivity (Wildman–Crippen MR) is 78.2 cm³/mol. The quantitative estimate of drug-likeness (QED) is 0.900. The second-order valence-corrected chi connectivity index (χ2v) is 5.75. The number of rotatable bonds is 4. The fraction of sp³-hybridized carbons (Fsp3) is 0.467. The third-order valence-corrected chi connectivity index (χ3v) is 4.18. The van der Waals surface area contributed by atoms with Gasteiger partial charge in [-0.1, -0.05) is 12.1 Å². The third-order valence-electron chi connectivity index (χ3n) is 4.18. The molecule has 2 amide bonds. The SMILES string of the molecule is CN1CCN(c2ccc(CN3CC(C(=O)O)C3)cc2)C1=O. The second-order valence-electron chi connectivity index (χ2n) is 5.75. The normalized spacial score (nSPS) is 20.0. The molecule has 0 saturated carbocycles. The van der Waals surface area contributed by atoms with E-state index in [9.17, 15) is 9.59 Å². The molecule has 112 valence electrons. The van der Waals surface area contributed by atoms with Gasteiger partial charge in [0.15, 0.2) is 0 Å². The number of amides is 2. The second kappa shape index (κ2) is 5.37. The molecular formula is C15H19N3O3. The summed E-state index contributed by atoms with van der Waals surface area (Å²) >= 11 is 0. The average molecular weight is 289 g/mol. The molecular weight excluding hydrogens is 270 g/mol. The maximum absolute atomic E-state index is 11.9. The van der Waals surface area contributed by atoms with Gasteiger partial charge in [0.25, 0.3) is 0 Å². The Morgan fingerprint density at radius 2 is 1.90 bits per heavy atom. The van der Waals surface area contributed by atoms with Gasteiger partial charge in [0.05, 0.1) is 5.92 Å². The van der Waals surface area contributed by atoms with Crippen molar-refractivity contribution < 1.29 is 14.7 Å². The molecule has 3 rings (SSSR count). The first-order chi connectivity index (χ1) is 10.0. The Morgan fingerprint density at radius 3 is 2.43 bits per heavy atom. The first kappa shape index (κ1) is 13.9. The van der Waals surface area contributed by atoms with E-state index in [0.29, 0.717) is 13.1 Å². The van der Waals surface area contributed by atoms with Crippen LogP contribution in [0.1, 0.15) is 5.56 Å². The molecule has 2 fully saturated rings. The number of carbonyl (C=O) groups is 2. The molecule has 1 aromatic carbocycles. The Labute approximate surface area is 123 Å². The summed E-state index contributed by atoms with van der Waals surface area (Å²) in [6.07, 6.45) is 0. The highest BCUT2D eigenvalue weighted by Gasteiger charge is 2.32. The zero-order valence-electron chi connectivity index (χ0n) is 12.0. The highest BCUT2D eigenvalue weighted by atomic mass is 16.4. The lowest BCUT2D eigenvalue weighted by molar-refractivity contribution is -0.147. The van der Waals surface area contributed by atoms with Crippen molar-refractivity contribution in [2.45, 2.75) is 6.54 Å². The van der Waals surface area contributed by atoms with Gasteiger partial charge in [0.1, 0.15) is 0 Å². The monoisotopic (exact) mass is 289 g/mol. The molecule has 0 aromatic heterocycles. The van der Waals surface area contributed by atoms with Crippen molar-refractivity contribution in [3.63, 3.8) is 0 Å². The highest BCUT2D eigenvalue weighted by molar-refractivity contribution is 5.93. The van der Waals surface area contributed by atoms with Crippen LogP contribution < -0.4 is 4.90 Å². The van der Waals surface area contributed by atoms with Gasteiger partial charge in [0, 0.05) is 45.5 Å². The smallest absolute Gasteiger partial charge is 0.324 e. The number of nitrogens with zero attached hydrogens (tertiary/aromatic N) is 3. The van der Waals surface area contributed by atoms with E-state index in [1.54, 1.807) is 16.8 Å². The summed E-state index contributed by atoms with van der Waals surface area (Å²) in [6.45, 7) is 3.48. The number of hydrogen-bond acceptors (Lipinski definition) is 3. The minimum atomic E-state index is -0.710. The van der Waals surface area contributed by atoms with E-state index in [2.05, 4.69) is 4.90 Å². The number of benzene rings is 1. The Hall–Kier alpha value is -2.08. The van der Waals surface area contributed by atoms with Crippen LogP contribution in [0.3, 0.4) is 0 Å². The van der Waals surface area contributed by atoms with Gasteiger partial charge < -0.3 is 10.0 Å². The first-order valence-corrected chi connectivity index (χ1v) is 7.11. The summed E-state index contributed by atoms with van der Waals surface area (Å²) in [6, 6.07) is 7.97. The standard InChI is InChI=1S/C15H19N3O3/c1-16-6-7-18(15(16)21)13-4-2-11(3-5-13)8-17-9-12(10-17)14(19)20/h2-5,12H,6-10H2,1H3,(H,19,20). The van der Waals surface area contributed by atoms with E-state index >= 15 is 0 Å². The summed E-state index contributed by atoms with van der Waals surface area (Å²) in [5, 5.41) is 8.85. The molecule has 0 bridgehead atoms. The number of aliphatic carboxylic acids is 1. The van der Waals surface area contributed by atoms with Crippen LogP contribution in [0.5, 0.6) is 0 Å². The highest BCUT2D eigenvalue weighted by Crippen LogP contribution is 2.22. The molecule has 0 radical (unpaired) electrons. The van der Waals surface area contributed by atoms with E-state index in [1.807, 2.05) is 24.3 Å². The number of urea groups is 1. The molecule has 6 heteroatoms. The van der Waals surface area contributed by atoms with E-state index in [0.717, 1.165) is 30.9 Å². The largest absolute Gasteiger partial charge is 0.481 e. The molecule has 2 aliphatic rings. The van der Waals surface area contributed by atoms with Gasteiger partial charge in [-0.05, 0) is 17.7 Å². The third kappa shape index (κ3) is 2.71. The molecule has 6 nitrogen and oxygen atoms in total. The Balaban J connectivity index is 1.58. The Morgan fingerprint density at radius 1 is 1.24 bits per heavy atom. The Bertz CT molecular complexity index is 552. The molecule has 2 aliphatic heterocycles. The summed E-state index contributed by atoms with van der Waals surface area (Å²) < 4.78 is 0. The molecule has 2 heterocycles. The minimum Gasteiger partial charge on any atom is -0.481 e. The lowest BCUT2D eigenvalue weighted by atomic mass is 9.99. The fourth-order valence-electron chi connectivity index (χ4n) is 2.78. The van der Waals surface area contributed by atoms with Crippen LogP contribution >= 0.6 is 0 Å². The zero-order chi connectivity index (χ0) is 15.0. The molecule has 1 aromatic rings. The maximum Gasteiger partial charge on any atom is 0.324 e.